The predicted octanol–water partition coefficient (Wildman–Crippen LogP) is 0.425. The van der Waals surface area contributed by atoms with Crippen molar-refractivity contribution in [2.45, 2.75) is 19.5 Å². The molecule has 0 aromatic carbocycles. The second kappa shape index (κ2) is 4.61. The van der Waals surface area contributed by atoms with Crippen molar-refractivity contribution in [2.24, 2.45) is 0 Å². The Balaban J connectivity index is 1.88. The molecule has 6 nitrogen and oxygen atoms in total. The Morgan fingerprint density at radius 2 is 2.56 bits per heavy atom. The summed E-state index contributed by atoms with van der Waals surface area (Å²) in [5.41, 5.74) is 0.535. The summed E-state index contributed by atoms with van der Waals surface area (Å²) in [6.07, 6.45) is 6.64. The van der Waals surface area contributed by atoms with E-state index < -0.39 is 0 Å². The number of aromatic amines is 1. The van der Waals surface area contributed by atoms with Gasteiger partial charge in [0, 0.05) is 24.6 Å². The van der Waals surface area contributed by atoms with E-state index in [9.17, 15) is 4.79 Å². The van der Waals surface area contributed by atoms with Crippen LogP contribution in [-0.4, -0.2) is 31.9 Å². The van der Waals surface area contributed by atoms with Crippen molar-refractivity contribution in [1.82, 2.24) is 25.3 Å². The summed E-state index contributed by atoms with van der Waals surface area (Å²) in [6.45, 7) is 2.58. The van der Waals surface area contributed by atoms with Crippen molar-refractivity contribution in [3.63, 3.8) is 0 Å². The molecule has 0 saturated heterocycles. The zero-order valence-electron chi connectivity index (χ0n) is 8.92. The van der Waals surface area contributed by atoms with Crippen LogP contribution in [0.15, 0.2) is 30.9 Å². The summed E-state index contributed by atoms with van der Waals surface area (Å²) in [6, 6.07) is 1.87. The smallest absolute Gasteiger partial charge is 0.254 e. The lowest BCUT2D eigenvalue weighted by molar-refractivity contribution is 0.0936. The van der Waals surface area contributed by atoms with Crippen LogP contribution >= 0.6 is 0 Å². The normalized spacial score (nSPS) is 12.3. The second-order valence-corrected chi connectivity index (χ2v) is 3.59. The van der Waals surface area contributed by atoms with Gasteiger partial charge in [-0.2, -0.15) is 10.2 Å². The Kier molecular flexibility index (Phi) is 3.00. The quantitative estimate of drug-likeness (QED) is 0.782. The summed E-state index contributed by atoms with van der Waals surface area (Å²) in [7, 11) is 0. The predicted molar refractivity (Wildman–Crippen MR) is 57.7 cm³/mol. The Morgan fingerprint density at radius 1 is 1.69 bits per heavy atom. The lowest BCUT2D eigenvalue weighted by Gasteiger charge is -2.12. The third-order valence-electron chi connectivity index (χ3n) is 2.16. The highest BCUT2D eigenvalue weighted by Gasteiger charge is 2.10. The van der Waals surface area contributed by atoms with E-state index in [-0.39, 0.29) is 11.9 Å². The number of H-pyrrole nitrogens is 1. The van der Waals surface area contributed by atoms with Gasteiger partial charge in [-0.15, -0.1) is 0 Å². The van der Waals surface area contributed by atoms with E-state index in [1.165, 1.54) is 6.20 Å². The maximum absolute atomic E-state index is 11.6. The Bertz CT molecular complexity index is 434. The maximum atomic E-state index is 11.6. The van der Waals surface area contributed by atoms with Crippen LogP contribution in [0.25, 0.3) is 0 Å². The van der Waals surface area contributed by atoms with Crippen LogP contribution in [0.5, 0.6) is 0 Å². The van der Waals surface area contributed by atoms with Crippen molar-refractivity contribution in [2.75, 3.05) is 0 Å². The maximum Gasteiger partial charge on any atom is 0.254 e. The minimum absolute atomic E-state index is 0.0160. The van der Waals surface area contributed by atoms with Gasteiger partial charge in [0.1, 0.15) is 0 Å². The summed E-state index contributed by atoms with van der Waals surface area (Å²) in [5.74, 6) is -0.131. The van der Waals surface area contributed by atoms with E-state index in [1.54, 1.807) is 17.1 Å². The number of nitrogens with zero attached hydrogens (tertiary/aromatic N) is 3. The van der Waals surface area contributed by atoms with Gasteiger partial charge in [-0.3, -0.25) is 14.6 Å². The average Bonchev–Trinajstić information content (AvgIpc) is 2.88. The molecule has 0 aliphatic heterocycles. The fourth-order valence-corrected chi connectivity index (χ4v) is 1.42. The molecule has 2 aromatic heterocycles. The molecule has 2 N–H and O–H groups in total. The number of aromatic nitrogens is 4. The molecule has 1 amide bonds. The number of carbonyl (C=O) groups is 1. The van der Waals surface area contributed by atoms with Crippen molar-refractivity contribution < 1.29 is 4.79 Å². The first-order valence-electron chi connectivity index (χ1n) is 5.03. The molecule has 0 saturated carbocycles. The van der Waals surface area contributed by atoms with Crippen LogP contribution in [0, 0.1) is 0 Å². The lowest BCUT2D eigenvalue weighted by atomic mass is 10.3. The van der Waals surface area contributed by atoms with Crippen LogP contribution in [-0.2, 0) is 6.54 Å². The van der Waals surface area contributed by atoms with Gasteiger partial charge in [0.05, 0.1) is 18.3 Å². The summed E-state index contributed by atoms with van der Waals surface area (Å²) < 4.78 is 1.78. The highest BCUT2D eigenvalue weighted by atomic mass is 16.1. The van der Waals surface area contributed by atoms with Gasteiger partial charge in [0.25, 0.3) is 5.91 Å². The average molecular weight is 219 g/mol. The second-order valence-electron chi connectivity index (χ2n) is 3.59. The Hall–Kier alpha value is -2.11. The minimum atomic E-state index is -0.131. The summed E-state index contributed by atoms with van der Waals surface area (Å²) in [5, 5.41) is 13.3. The summed E-state index contributed by atoms with van der Waals surface area (Å²) in [4.78, 5) is 11.6. The van der Waals surface area contributed by atoms with Crippen molar-refractivity contribution >= 4 is 5.91 Å². The molecule has 2 rings (SSSR count). The number of rotatable bonds is 4. The van der Waals surface area contributed by atoms with E-state index in [0.717, 1.165) is 0 Å². The third-order valence-corrected chi connectivity index (χ3v) is 2.16. The number of carbonyl (C=O) groups excluding carboxylic acids is 1. The first-order chi connectivity index (χ1) is 7.75. The van der Waals surface area contributed by atoms with Gasteiger partial charge in [-0.25, -0.2) is 0 Å². The molecule has 0 spiro atoms. The van der Waals surface area contributed by atoms with Crippen LogP contribution in [0.1, 0.15) is 17.3 Å². The van der Waals surface area contributed by atoms with Crippen molar-refractivity contribution in [3.8, 4) is 0 Å². The fourth-order valence-electron chi connectivity index (χ4n) is 1.42. The van der Waals surface area contributed by atoms with Crippen LogP contribution in [0.4, 0.5) is 0 Å². The zero-order chi connectivity index (χ0) is 11.4. The van der Waals surface area contributed by atoms with E-state index >= 15 is 0 Å². The largest absolute Gasteiger partial charge is 0.348 e. The van der Waals surface area contributed by atoms with Crippen molar-refractivity contribution in [1.29, 1.82) is 0 Å². The van der Waals surface area contributed by atoms with Crippen LogP contribution in [0.2, 0.25) is 0 Å². The van der Waals surface area contributed by atoms with Gasteiger partial charge in [-0.1, -0.05) is 0 Å². The minimum Gasteiger partial charge on any atom is -0.348 e. The first kappa shape index (κ1) is 10.4. The van der Waals surface area contributed by atoms with Crippen LogP contribution < -0.4 is 5.32 Å². The van der Waals surface area contributed by atoms with Gasteiger partial charge >= 0.3 is 0 Å². The molecule has 6 heteroatoms. The van der Waals surface area contributed by atoms with E-state index in [2.05, 4.69) is 20.6 Å². The zero-order valence-corrected chi connectivity index (χ0v) is 8.92. The van der Waals surface area contributed by atoms with E-state index in [0.29, 0.717) is 12.1 Å². The van der Waals surface area contributed by atoms with Crippen molar-refractivity contribution in [3.05, 3.63) is 36.4 Å². The van der Waals surface area contributed by atoms with Gasteiger partial charge in [0.2, 0.25) is 0 Å². The van der Waals surface area contributed by atoms with E-state index in [4.69, 9.17) is 0 Å². The highest BCUT2D eigenvalue weighted by molar-refractivity contribution is 5.93. The molecule has 84 valence electrons. The SMILES string of the molecule is CC(Cn1cccn1)NC(=O)c1cn[nH]c1. The molecule has 1 unspecified atom stereocenters. The van der Waals surface area contributed by atoms with Gasteiger partial charge < -0.3 is 5.32 Å². The number of hydrogen-bond acceptors (Lipinski definition) is 3. The van der Waals surface area contributed by atoms with Gasteiger partial charge in [0.15, 0.2) is 0 Å². The number of hydrogen-bond donors (Lipinski definition) is 2. The molecule has 0 aliphatic rings. The summed E-state index contributed by atoms with van der Waals surface area (Å²) >= 11 is 0. The standard InChI is InChI=1S/C10H13N5O/c1-8(7-15-4-2-3-13-15)14-10(16)9-5-11-12-6-9/h2-6,8H,7H2,1H3,(H,11,12)(H,14,16). The third kappa shape index (κ3) is 2.47. The molecular weight excluding hydrogens is 206 g/mol. The Labute approximate surface area is 92.7 Å². The molecule has 0 radical (unpaired) electrons. The fraction of sp³-hybridized carbons (Fsp3) is 0.300. The number of amides is 1. The Morgan fingerprint density at radius 3 is 3.19 bits per heavy atom. The number of nitrogens with one attached hydrogen (secondary N) is 2. The monoisotopic (exact) mass is 219 g/mol. The lowest BCUT2D eigenvalue weighted by Crippen LogP contribution is -2.35. The van der Waals surface area contributed by atoms with Gasteiger partial charge in [-0.05, 0) is 13.0 Å². The molecule has 16 heavy (non-hydrogen) atoms. The molecular formula is C10H13N5O. The van der Waals surface area contributed by atoms with Crippen LogP contribution in [0.3, 0.4) is 0 Å². The highest BCUT2D eigenvalue weighted by Crippen LogP contribution is 1.96. The molecule has 0 fully saturated rings. The molecule has 0 bridgehead atoms. The molecule has 1 atom stereocenters. The topological polar surface area (TPSA) is 75.6 Å². The molecule has 2 heterocycles. The molecule has 0 aliphatic carbocycles. The van der Waals surface area contributed by atoms with E-state index in [1.807, 2.05) is 19.2 Å². The first-order valence-corrected chi connectivity index (χ1v) is 5.03. The molecule has 2 aromatic rings.